The quantitative estimate of drug-likeness (QED) is 0.367. The van der Waals surface area contributed by atoms with E-state index in [0.717, 1.165) is 14.8 Å². The molecule has 3 aromatic rings. The predicted molar refractivity (Wildman–Crippen MR) is 140 cm³/mol. The van der Waals surface area contributed by atoms with E-state index in [1.807, 2.05) is 44.4 Å². The average molecular weight is 515 g/mol. The Hall–Kier alpha value is -3.17. The highest BCUT2D eigenvalue weighted by Crippen LogP contribution is 2.28. The number of nitrogens with zero attached hydrogens (tertiary/aromatic N) is 1. The number of thioether (sulfide) groups is 1. The molecule has 0 heterocycles. The van der Waals surface area contributed by atoms with Gasteiger partial charge in [0.2, 0.25) is 5.91 Å². The summed E-state index contributed by atoms with van der Waals surface area (Å²) in [6.45, 7) is 3.80. The van der Waals surface area contributed by atoms with Crippen LogP contribution in [0.15, 0.2) is 82.6 Å². The van der Waals surface area contributed by atoms with E-state index in [0.29, 0.717) is 23.8 Å². The summed E-state index contributed by atoms with van der Waals surface area (Å²) in [6.07, 6.45) is 1.92. The molecule has 1 amide bonds. The molecule has 186 valence electrons. The van der Waals surface area contributed by atoms with E-state index in [9.17, 15) is 13.2 Å². The normalized spacial score (nSPS) is 12.0. The zero-order valence-electron chi connectivity index (χ0n) is 20.2. The summed E-state index contributed by atoms with van der Waals surface area (Å²) >= 11 is 1.52. The molecular formula is C26H30N2O5S2. The van der Waals surface area contributed by atoms with Crippen molar-refractivity contribution in [2.24, 2.45) is 0 Å². The third kappa shape index (κ3) is 6.49. The van der Waals surface area contributed by atoms with Gasteiger partial charge in [0, 0.05) is 10.5 Å². The minimum absolute atomic E-state index is 0.106. The fraction of sp³-hybridized carbons (Fsp3) is 0.269. The smallest absolute Gasteiger partial charge is 0.264 e. The van der Waals surface area contributed by atoms with Crippen molar-refractivity contribution in [3.63, 3.8) is 0 Å². The van der Waals surface area contributed by atoms with Crippen molar-refractivity contribution in [1.29, 1.82) is 0 Å². The van der Waals surface area contributed by atoms with E-state index in [2.05, 4.69) is 5.32 Å². The van der Waals surface area contributed by atoms with Gasteiger partial charge in [-0.2, -0.15) is 0 Å². The number of hydrogen-bond acceptors (Lipinski definition) is 6. The lowest BCUT2D eigenvalue weighted by Crippen LogP contribution is -2.41. The molecule has 0 radical (unpaired) electrons. The van der Waals surface area contributed by atoms with E-state index in [1.54, 1.807) is 55.6 Å². The molecule has 3 aromatic carbocycles. The molecule has 0 aliphatic rings. The molecular weight excluding hydrogens is 484 g/mol. The number of nitrogens with one attached hydrogen (secondary N) is 1. The number of amides is 1. The van der Waals surface area contributed by atoms with E-state index in [4.69, 9.17) is 9.47 Å². The predicted octanol–water partition coefficient (Wildman–Crippen LogP) is 4.89. The number of ether oxygens (including phenoxy) is 2. The lowest BCUT2D eigenvalue weighted by Gasteiger charge is -2.25. The number of benzene rings is 3. The topological polar surface area (TPSA) is 84.9 Å². The standard InChI is InChI=1S/C26H30N2O5S2/c1-5-33-21-12-10-20(11-13-21)28(35(30,31)23-16-14-22(34-4)15-17-23)18-26(29)27-19(2)24-8-6-7-9-25(24)32-3/h6-17,19H,5,18H2,1-4H3,(H,27,29)/t19-/m1/s1. The first-order valence-electron chi connectivity index (χ1n) is 11.1. The highest BCUT2D eigenvalue weighted by atomic mass is 32.2. The Bertz CT molecular complexity index is 1230. The summed E-state index contributed by atoms with van der Waals surface area (Å²) in [5, 5.41) is 2.89. The molecule has 0 unspecified atom stereocenters. The Labute approximate surface area is 211 Å². The van der Waals surface area contributed by atoms with Crippen molar-refractivity contribution in [2.75, 3.05) is 30.8 Å². The molecule has 0 saturated heterocycles. The van der Waals surface area contributed by atoms with Crippen LogP contribution in [-0.4, -0.2) is 40.8 Å². The highest BCUT2D eigenvalue weighted by molar-refractivity contribution is 7.98. The molecule has 0 fully saturated rings. The molecule has 1 N–H and O–H groups in total. The van der Waals surface area contributed by atoms with Crippen LogP contribution in [-0.2, 0) is 14.8 Å². The molecule has 0 aliphatic heterocycles. The van der Waals surface area contributed by atoms with Crippen LogP contribution < -0.4 is 19.1 Å². The largest absolute Gasteiger partial charge is 0.496 e. The monoisotopic (exact) mass is 514 g/mol. The summed E-state index contributed by atoms with van der Waals surface area (Å²) in [7, 11) is -2.45. The molecule has 3 rings (SSSR count). The van der Waals surface area contributed by atoms with Gasteiger partial charge < -0.3 is 14.8 Å². The molecule has 0 bridgehead atoms. The van der Waals surface area contributed by atoms with Crippen molar-refractivity contribution < 1.29 is 22.7 Å². The van der Waals surface area contributed by atoms with Gasteiger partial charge in [0.05, 0.1) is 30.3 Å². The maximum absolute atomic E-state index is 13.6. The van der Waals surface area contributed by atoms with Crippen LogP contribution in [0.3, 0.4) is 0 Å². The van der Waals surface area contributed by atoms with Crippen molar-refractivity contribution in [3.8, 4) is 11.5 Å². The summed E-state index contributed by atoms with van der Waals surface area (Å²) in [6, 6.07) is 20.2. The minimum atomic E-state index is -4.01. The zero-order valence-corrected chi connectivity index (χ0v) is 21.9. The van der Waals surface area contributed by atoms with Crippen molar-refractivity contribution in [3.05, 3.63) is 78.4 Å². The van der Waals surface area contributed by atoms with E-state index < -0.39 is 15.9 Å². The van der Waals surface area contributed by atoms with Gasteiger partial charge in [-0.3, -0.25) is 9.10 Å². The summed E-state index contributed by atoms with van der Waals surface area (Å²) in [4.78, 5) is 14.1. The van der Waals surface area contributed by atoms with Gasteiger partial charge in [0.25, 0.3) is 10.0 Å². The zero-order chi connectivity index (χ0) is 25.4. The molecule has 35 heavy (non-hydrogen) atoms. The molecule has 9 heteroatoms. The van der Waals surface area contributed by atoms with Crippen molar-refractivity contribution in [1.82, 2.24) is 5.32 Å². The van der Waals surface area contributed by atoms with Crippen LogP contribution >= 0.6 is 11.8 Å². The van der Waals surface area contributed by atoms with Gasteiger partial charge in [-0.15, -0.1) is 11.8 Å². The highest BCUT2D eigenvalue weighted by Gasteiger charge is 2.28. The van der Waals surface area contributed by atoms with Crippen LogP contribution in [0, 0.1) is 0 Å². The van der Waals surface area contributed by atoms with Crippen LogP contribution in [0.1, 0.15) is 25.5 Å². The minimum Gasteiger partial charge on any atom is -0.496 e. The molecule has 7 nitrogen and oxygen atoms in total. The lowest BCUT2D eigenvalue weighted by molar-refractivity contribution is -0.120. The number of hydrogen-bond donors (Lipinski definition) is 1. The first-order valence-corrected chi connectivity index (χ1v) is 13.8. The van der Waals surface area contributed by atoms with Gasteiger partial charge in [-0.25, -0.2) is 8.42 Å². The van der Waals surface area contributed by atoms with Crippen LogP contribution in [0.5, 0.6) is 11.5 Å². The first-order chi connectivity index (χ1) is 16.8. The Morgan fingerprint density at radius 3 is 2.29 bits per heavy atom. The third-order valence-electron chi connectivity index (χ3n) is 5.35. The Kier molecular flexibility index (Phi) is 9.06. The van der Waals surface area contributed by atoms with Gasteiger partial charge in [0.1, 0.15) is 18.0 Å². The van der Waals surface area contributed by atoms with Gasteiger partial charge in [-0.1, -0.05) is 18.2 Å². The number of anilines is 1. The number of para-hydroxylation sites is 1. The summed E-state index contributed by atoms with van der Waals surface area (Å²) in [5.74, 6) is 0.818. The van der Waals surface area contributed by atoms with Gasteiger partial charge in [-0.05, 0) is 74.7 Å². The summed E-state index contributed by atoms with van der Waals surface area (Å²) < 4.78 is 39.2. The van der Waals surface area contributed by atoms with Crippen LogP contribution in [0.25, 0.3) is 0 Å². The Balaban J connectivity index is 1.90. The molecule has 0 spiro atoms. The van der Waals surface area contributed by atoms with E-state index in [-0.39, 0.29) is 17.5 Å². The second-order valence-corrected chi connectivity index (χ2v) is 10.4. The second kappa shape index (κ2) is 12.0. The summed E-state index contributed by atoms with van der Waals surface area (Å²) in [5.41, 5.74) is 1.16. The molecule has 0 saturated carbocycles. The lowest BCUT2D eigenvalue weighted by atomic mass is 10.1. The Morgan fingerprint density at radius 2 is 1.69 bits per heavy atom. The number of carbonyl (C=O) groups excluding carboxylic acids is 1. The number of methoxy groups -OCH3 is 1. The maximum Gasteiger partial charge on any atom is 0.264 e. The van der Waals surface area contributed by atoms with E-state index >= 15 is 0 Å². The van der Waals surface area contributed by atoms with Gasteiger partial charge in [0.15, 0.2) is 0 Å². The van der Waals surface area contributed by atoms with Gasteiger partial charge >= 0.3 is 0 Å². The van der Waals surface area contributed by atoms with Crippen molar-refractivity contribution >= 4 is 33.4 Å². The SMILES string of the molecule is CCOc1ccc(N(CC(=O)N[C@H](C)c2ccccc2OC)S(=O)(=O)c2ccc(SC)cc2)cc1. The third-order valence-corrected chi connectivity index (χ3v) is 7.88. The second-order valence-electron chi connectivity index (χ2n) is 7.65. The number of carbonyl (C=O) groups is 1. The fourth-order valence-electron chi connectivity index (χ4n) is 3.58. The number of rotatable bonds is 11. The first kappa shape index (κ1) is 26.4. The fourth-order valence-corrected chi connectivity index (χ4v) is 5.41. The average Bonchev–Trinajstić information content (AvgIpc) is 2.88. The van der Waals surface area contributed by atoms with Crippen LogP contribution in [0.4, 0.5) is 5.69 Å². The molecule has 0 aromatic heterocycles. The number of sulfonamides is 1. The Morgan fingerprint density at radius 1 is 1.03 bits per heavy atom. The van der Waals surface area contributed by atoms with Crippen molar-refractivity contribution in [2.45, 2.75) is 29.7 Å². The molecule has 0 aliphatic carbocycles. The van der Waals surface area contributed by atoms with E-state index in [1.165, 1.54) is 11.8 Å². The van der Waals surface area contributed by atoms with Crippen LogP contribution in [0.2, 0.25) is 0 Å². The molecule has 1 atom stereocenters. The maximum atomic E-state index is 13.6.